The van der Waals surface area contributed by atoms with E-state index in [1.807, 2.05) is 37.3 Å². The van der Waals surface area contributed by atoms with Crippen LogP contribution in [0, 0.1) is 6.92 Å². The number of hydrogen-bond donors (Lipinski definition) is 1. The Morgan fingerprint density at radius 2 is 2.00 bits per heavy atom. The zero-order chi connectivity index (χ0) is 22.7. The molecule has 0 saturated carbocycles. The largest absolute Gasteiger partial charge is 0.507 e. The number of carbonyl (C=O) groups is 1. The number of carbonyl (C=O) groups excluding carboxylic acids is 1. The van der Waals surface area contributed by atoms with Gasteiger partial charge in [0.05, 0.1) is 23.7 Å². The molecule has 9 heteroatoms. The lowest BCUT2D eigenvalue weighted by Crippen LogP contribution is -2.39. The molecular weight excluding hydrogens is 444 g/mol. The topological polar surface area (TPSA) is 88.0 Å². The molecule has 0 bridgehead atoms. The van der Waals surface area contributed by atoms with Gasteiger partial charge in [0.2, 0.25) is 0 Å². The Morgan fingerprint density at radius 3 is 2.76 bits per heavy atom. The lowest BCUT2D eigenvalue weighted by atomic mass is 10.1. The van der Waals surface area contributed by atoms with Gasteiger partial charge in [-0.2, -0.15) is 0 Å². The number of para-hydroxylation sites is 1. The standard InChI is InChI=1S/C24H28N4O4.ClH/c1-16-8-9-18-20(14-16)25-22(19-6-4-5-7-21(19)29)26-23(18)28-11-10-17(15-28)27(2)24(30)32-13-12-31-3;/h4-9,14,17,29H,10-13,15H2,1-3H3;1H/t17-;/m0./s1. The summed E-state index contributed by atoms with van der Waals surface area (Å²) >= 11 is 0. The fourth-order valence-electron chi connectivity index (χ4n) is 3.96. The summed E-state index contributed by atoms with van der Waals surface area (Å²) in [4.78, 5) is 25.7. The van der Waals surface area contributed by atoms with Crippen molar-refractivity contribution in [2.24, 2.45) is 0 Å². The summed E-state index contributed by atoms with van der Waals surface area (Å²) in [6.07, 6.45) is 0.450. The van der Waals surface area contributed by atoms with Crippen LogP contribution in [0.15, 0.2) is 42.5 Å². The average Bonchev–Trinajstić information content (AvgIpc) is 3.28. The number of phenolic OH excluding ortho intramolecular Hbond substituents is 1. The third-order valence-electron chi connectivity index (χ3n) is 5.79. The number of amides is 1. The van der Waals surface area contributed by atoms with Crippen molar-refractivity contribution in [3.8, 4) is 17.1 Å². The van der Waals surface area contributed by atoms with Crippen molar-refractivity contribution in [3.05, 3.63) is 48.0 Å². The molecule has 3 aromatic rings. The van der Waals surface area contributed by atoms with E-state index in [2.05, 4.69) is 4.90 Å². The zero-order valence-corrected chi connectivity index (χ0v) is 19.8. The van der Waals surface area contributed by atoms with E-state index in [4.69, 9.17) is 19.4 Å². The Hall–Kier alpha value is -3.10. The number of ether oxygens (including phenoxy) is 2. The van der Waals surface area contributed by atoms with Crippen LogP contribution >= 0.6 is 12.4 Å². The van der Waals surface area contributed by atoms with Gasteiger partial charge in [0.1, 0.15) is 18.2 Å². The number of fused-ring (bicyclic) bond motifs is 1. The molecule has 1 N–H and O–H groups in total. The zero-order valence-electron chi connectivity index (χ0n) is 19.0. The van der Waals surface area contributed by atoms with Crippen molar-refractivity contribution in [1.29, 1.82) is 0 Å². The number of phenols is 1. The molecular formula is C24H29ClN4O4. The van der Waals surface area contributed by atoms with Gasteiger partial charge in [0, 0.05) is 32.6 Å². The van der Waals surface area contributed by atoms with Crippen molar-refractivity contribution < 1.29 is 19.4 Å². The molecule has 176 valence electrons. The summed E-state index contributed by atoms with van der Waals surface area (Å²) in [6.45, 7) is 4.02. The van der Waals surface area contributed by atoms with Crippen molar-refractivity contribution in [1.82, 2.24) is 14.9 Å². The first-order valence-electron chi connectivity index (χ1n) is 10.7. The number of benzene rings is 2. The number of likely N-dealkylation sites (N-methyl/N-ethyl adjacent to an activating group) is 1. The van der Waals surface area contributed by atoms with E-state index in [1.54, 1.807) is 31.2 Å². The summed E-state index contributed by atoms with van der Waals surface area (Å²) in [5.74, 6) is 1.42. The van der Waals surface area contributed by atoms with E-state index in [1.165, 1.54) is 0 Å². The predicted molar refractivity (Wildman–Crippen MR) is 130 cm³/mol. The molecule has 0 spiro atoms. The smallest absolute Gasteiger partial charge is 0.409 e. The molecule has 2 heterocycles. The van der Waals surface area contributed by atoms with Crippen LogP contribution in [-0.4, -0.2) is 72.6 Å². The summed E-state index contributed by atoms with van der Waals surface area (Å²) < 4.78 is 10.2. The van der Waals surface area contributed by atoms with Crippen LogP contribution in [0.5, 0.6) is 5.75 Å². The van der Waals surface area contributed by atoms with Gasteiger partial charge in [-0.1, -0.05) is 18.2 Å². The second kappa shape index (κ2) is 10.7. The molecule has 2 aromatic carbocycles. The van der Waals surface area contributed by atoms with Crippen molar-refractivity contribution in [3.63, 3.8) is 0 Å². The van der Waals surface area contributed by atoms with Gasteiger partial charge in [-0.15, -0.1) is 12.4 Å². The lowest BCUT2D eigenvalue weighted by Gasteiger charge is -2.25. The number of aromatic hydroxyl groups is 1. The van der Waals surface area contributed by atoms with Gasteiger partial charge in [-0.05, 0) is 43.2 Å². The molecule has 1 aliphatic heterocycles. The number of halogens is 1. The molecule has 1 atom stereocenters. The van der Waals surface area contributed by atoms with Crippen LogP contribution in [0.2, 0.25) is 0 Å². The van der Waals surface area contributed by atoms with Crippen molar-refractivity contribution >= 4 is 35.2 Å². The number of nitrogens with zero attached hydrogens (tertiary/aromatic N) is 4. The summed E-state index contributed by atoms with van der Waals surface area (Å²) in [7, 11) is 3.33. The Kier molecular flexibility index (Phi) is 7.94. The molecule has 1 aromatic heterocycles. The normalized spacial score (nSPS) is 15.4. The summed E-state index contributed by atoms with van der Waals surface area (Å²) in [5, 5.41) is 11.3. The molecule has 0 unspecified atom stereocenters. The van der Waals surface area contributed by atoms with Crippen LogP contribution in [0.25, 0.3) is 22.3 Å². The Balaban J connectivity index is 0.00000306. The maximum Gasteiger partial charge on any atom is 0.409 e. The highest BCUT2D eigenvalue weighted by Gasteiger charge is 2.31. The molecule has 33 heavy (non-hydrogen) atoms. The number of aromatic nitrogens is 2. The van der Waals surface area contributed by atoms with Crippen LogP contribution < -0.4 is 4.90 Å². The predicted octanol–water partition coefficient (Wildman–Crippen LogP) is 4.03. The molecule has 1 amide bonds. The number of aryl methyl sites for hydroxylation is 1. The number of hydrogen-bond acceptors (Lipinski definition) is 7. The Bertz CT molecular complexity index is 1130. The maximum atomic E-state index is 12.4. The minimum Gasteiger partial charge on any atom is -0.507 e. The van der Waals surface area contributed by atoms with Crippen LogP contribution in [0.1, 0.15) is 12.0 Å². The lowest BCUT2D eigenvalue weighted by molar-refractivity contribution is 0.0702. The summed E-state index contributed by atoms with van der Waals surface area (Å²) in [5.41, 5.74) is 2.51. The van der Waals surface area contributed by atoms with E-state index in [0.29, 0.717) is 24.5 Å². The van der Waals surface area contributed by atoms with Crippen molar-refractivity contribution in [2.75, 3.05) is 45.4 Å². The third-order valence-corrected chi connectivity index (χ3v) is 5.79. The fourth-order valence-corrected chi connectivity index (χ4v) is 3.96. The van der Waals surface area contributed by atoms with Crippen LogP contribution in [0.4, 0.5) is 10.6 Å². The molecule has 1 fully saturated rings. The number of rotatable bonds is 6. The van der Waals surface area contributed by atoms with Gasteiger partial charge >= 0.3 is 6.09 Å². The first-order valence-corrected chi connectivity index (χ1v) is 10.7. The highest BCUT2D eigenvalue weighted by molar-refractivity contribution is 5.92. The highest BCUT2D eigenvalue weighted by Crippen LogP contribution is 2.33. The second-order valence-corrected chi connectivity index (χ2v) is 8.02. The summed E-state index contributed by atoms with van der Waals surface area (Å²) in [6, 6.07) is 13.2. The van der Waals surface area contributed by atoms with Crippen LogP contribution in [-0.2, 0) is 9.47 Å². The third kappa shape index (κ3) is 5.29. The van der Waals surface area contributed by atoms with Crippen molar-refractivity contribution in [2.45, 2.75) is 19.4 Å². The molecule has 8 nitrogen and oxygen atoms in total. The minimum absolute atomic E-state index is 0. The second-order valence-electron chi connectivity index (χ2n) is 8.02. The van der Waals surface area contributed by atoms with E-state index in [-0.39, 0.29) is 36.9 Å². The molecule has 0 aliphatic carbocycles. The number of anilines is 1. The highest BCUT2D eigenvalue weighted by atomic mass is 35.5. The van der Waals surface area contributed by atoms with E-state index in [0.717, 1.165) is 35.2 Å². The SMILES string of the molecule is COCCOC(=O)N(C)[C@H]1CCN(c2nc(-c3ccccc3O)nc3cc(C)ccc23)C1.Cl. The van der Waals surface area contributed by atoms with Gasteiger partial charge in [-0.3, -0.25) is 0 Å². The fraction of sp³-hybridized carbons (Fsp3) is 0.375. The molecule has 1 aliphatic rings. The van der Waals surface area contributed by atoms with Crippen LogP contribution in [0.3, 0.4) is 0 Å². The maximum absolute atomic E-state index is 12.4. The Labute approximate surface area is 199 Å². The van der Waals surface area contributed by atoms with E-state index in [9.17, 15) is 9.90 Å². The quantitative estimate of drug-likeness (QED) is 0.542. The van der Waals surface area contributed by atoms with E-state index < -0.39 is 0 Å². The minimum atomic E-state index is -0.355. The average molecular weight is 473 g/mol. The first-order chi connectivity index (χ1) is 15.5. The molecule has 0 radical (unpaired) electrons. The number of methoxy groups -OCH3 is 1. The van der Waals surface area contributed by atoms with Gasteiger partial charge in [-0.25, -0.2) is 14.8 Å². The molecule has 1 saturated heterocycles. The Morgan fingerprint density at radius 1 is 1.21 bits per heavy atom. The molecule has 4 rings (SSSR count). The monoisotopic (exact) mass is 472 g/mol. The van der Waals surface area contributed by atoms with E-state index >= 15 is 0 Å². The van der Waals surface area contributed by atoms with Gasteiger partial charge < -0.3 is 24.4 Å². The first kappa shape index (κ1) is 24.5. The van der Waals surface area contributed by atoms with Gasteiger partial charge in [0.15, 0.2) is 5.82 Å². The van der Waals surface area contributed by atoms with Gasteiger partial charge in [0.25, 0.3) is 0 Å².